The summed E-state index contributed by atoms with van der Waals surface area (Å²) >= 11 is 0. The van der Waals surface area contributed by atoms with Crippen LogP contribution in [-0.4, -0.2) is 18.3 Å². The SMILES string of the molecule is CCCCCCCCCCCCCCCCCCOCCc1cc(C(C)(C)C)c(O)c(C(C)(C)C)c1. The van der Waals surface area contributed by atoms with E-state index in [1.54, 1.807) is 0 Å². The molecule has 36 heavy (non-hydrogen) atoms. The normalized spacial score (nSPS) is 12.4. The number of rotatable bonds is 20. The number of aromatic hydroxyl groups is 1. The van der Waals surface area contributed by atoms with Crippen molar-refractivity contribution in [2.24, 2.45) is 0 Å². The zero-order chi connectivity index (χ0) is 26.9. The molecule has 0 spiro atoms. The first-order valence-corrected chi connectivity index (χ1v) is 15.5. The predicted molar refractivity (Wildman–Crippen MR) is 160 cm³/mol. The third-order valence-corrected chi connectivity index (χ3v) is 7.46. The summed E-state index contributed by atoms with van der Waals surface area (Å²) in [6.07, 6.45) is 23.3. The smallest absolute Gasteiger partial charge is 0.123 e. The maximum atomic E-state index is 10.9. The fourth-order valence-corrected chi connectivity index (χ4v) is 5.03. The van der Waals surface area contributed by atoms with E-state index < -0.39 is 0 Å². The molecule has 1 aromatic carbocycles. The minimum absolute atomic E-state index is 0.0749. The van der Waals surface area contributed by atoms with E-state index in [2.05, 4.69) is 60.6 Å². The first-order chi connectivity index (χ1) is 17.1. The average Bonchev–Trinajstić information content (AvgIpc) is 2.80. The van der Waals surface area contributed by atoms with Crippen molar-refractivity contribution in [3.05, 3.63) is 28.8 Å². The van der Waals surface area contributed by atoms with Crippen LogP contribution < -0.4 is 0 Å². The highest BCUT2D eigenvalue weighted by molar-refractivity contribution is 5.49. The van der Waals surface area contributed by atoms with Gasteiger partial charge in [-0.25, -0.2) is 0 Å². The Morgan fingerprint density at radius 1 is 0.556 bits per heavy atom. The molecule has 0 aliphatic rings. The number of hydrogen-bond donors (Lipinski definition) is 1. The number of benzene rings is 1. The van der Waals surface area contributed by atoms with Gasteiger partial charge >= 0.3 is 0 Å². The number of ether oxygens (including phenoxy) is 1. The molecule has 0 bridgehead atoms. The third kappa shape index (κ3) is 14.7. The lowest BCUT2D eigenvalue weighted by Gasteiger charge is -2.28. The van der Waals surface area contributed by atoms with Gasteiger partial charge in [-0.1, -0.05) is 157 Å². The molecule has 1 rings (SSSR count). The molecule has 2 heteroatoms. The van der Waals surface area contributed by atoms with Gasteiger partial charge in [0.1, 0.15) is 5.75 Å². The van der Waals surface area contributed by atoms with Crippen LogP contribution in [-0.2, 0) is 22.0 Å². The molecule has 0 aliphatic carbocycles. The van der Waals surface area contributed by atoms with Crippen LogP contribution in [0.25, 0.3) is 0 Å². The predicted octanol–water partition coefficient (Wildman–Crippen LogP) is 10.8. The molecule has 0 unspecified atom stereocenters. The van der Waals surface area contributed by atoms with Crippen LogP contribution in [0.5, 0.6) is 5.75 Å². The standard InChI is InChI=1S/C34H62O2/c1-8-9-10-11-12-13-14-15-16-17-18-19-20-21-22-23-25-36-26-24-29-27-30(33(2,3)4)32(35)31(28-29)34(5,6)7/h27-28,35H,8-26H2,1-7H3. The monoisotopic (exact) mass is 502 g/mol. The van der Waals surface area contributed by atoms with Gasteiger partial charge in [0.05, 0.1) is 6.61 Å². The summed E-state index contributed by atoms with van der Waals surface area (Å²) in [5.41, 5.74) is 3.21. The molecular weight excluding hydrogens is 440 g/mol. The average molecular weight is 503 g/mol. The molecule has 0 radical (unpaired) electrons. The number of unbranched alkanes of at least 4 members (excludes halogenated alkanes) is 15. The van der Waals surface area contributed by atoms with Crippen LogP contribution in [0.4, 0.5) is 0 Å². The Labute approximate surface area is 226 Å². The van der Waals surface area contributed by atoms with Gasteiger partial charge in [0, 0.05) is 6.61 Å². The van der Waals surface area contributed by atoms with Crippen molar-refractivity contribution in [3.8, 4) is 5.75 Å². The lowest BCUT2D eigenvalue weighted by Crippen LogP contribution is -2.18. The van der Waals surface area contributed by atoms with Gasteiger partial charge in [-0.15, -0.1) is 0 Å². The van der Waals surface area contributed by atoms with Gasteiger partial charge in [0.25, 0.3) is 0 Å². The van der Waals surface area contributed by atoms with E-state index >= 15 is 0 Å². The highest BCUT2D eigenvalue weighted by atomic mass is 16.5. The Hall–Kier alpha value is -1.02. The zero-order valence-electron chi connectivity index (χ0n) is 25.4. The van der Waals surface area contributed by atoms with Gasteiger partial charge in [-0.2, -0.15) is 0 Å². The second-order valence-corrected chi connectivity index (χ2v) is 13.2. The molecule has 210 valence electrons. The van der Waals surface area contributed by atoms with Gasteiger partial charge in [-0.05, 0) is 40.4 Å². The second-order valence-electron chi connectivity index (χ2n) is 13.2. The van der Waals surface area contributed by atoms with Crippen LogP contribution in [0.1, 0.15) is 168 Å². The molecule has 2 nitrogen and oxygen atoms in total. The maximum Gasteiger partial charge on any atom is 0.123 e. The minimum atomic E-state index is -0.0749. The van der Waals surface area contributed by atoms with Gasteiger partial charge in [-0.3, -0.25) is 0 Å². The minimum Gasteiger partial charge on any atom is -0.507 e. The quantitative estimate of drug-likeness (QED) is 0.180. The van der Waals surface area contributed by atoms with E-state index in [1.165, 1.54) is 108 Å². The Bertz CT molecular complexity index is 642. The number of hydrogen-bond acceptors (Lipinski definition) is 2. The summed E-state index contributed by atoms with van der Waals surface area (Å²) in [7, 11) is 0. The van der Waals surface area contributed by atoms with Gasteiger partial charge in [0.2, 0.25) is 0 Å². The van der Waals surface area contributed by atoms with Crippen LogP contribution >= 0.6 is 0 Å². The lowest BCUT2D eigenvalue weighted by molar-refractivity contribution is 0.132. The van der Waals surface area contributed by atoms with Crippen molar-refractivity contribution in [1.82, 2.24) is 0 Å². The first-order valence-electron chi connectivity index (χ1n) is 15.5. The summed E-state index contributed by atoms with van der Waals surface area (Å²) in [5.74, 6) is 0.466. The van der Waals surface area contributed by atoms with Crippen molar-refractivity contribution in [3.63, 3.8) is 0 Å². The third-order valence-electron chi connectivity index (χ3n) is 7.46. The molecule has 1 N–H and O–H groups in total. The fraction of sp³-hybridized carbons (Fsp3) is 0.824. The first kappa shape index (κ1) is 33.0. The van der Waals surface area contributed by atoms with Crippen molar-refractivity contribution >= 4 is 0 Å². The molecule has 0 fully saturated rings. The Kier molecular flexibility index (Phi) is 16.7. The van der Waals surface area contributed by atoms with Crippen LogP contribution in [0, 0.1) is 0 Å². The lowest BCUT2D eigenvalue weighted by atomic mass is 9.78. The maximum absolute atomic E-state index is 10.9. The molecule has 1 aromatic rings. The highest BCUT2D eigenvalue weighted by Crippen LogP contribution is 2.39. The van der Waals surface area contributed by atoms with Crippen LogP contribution in [0.3, 0.4) is 0 Å². The van der Waals surface area contributed by atoms with E-state index in [0.29, 0.717) is 5.75 Å². The van der Waals surface area contributed by atoms with E-state index in [4.69, 9.17) is 4.74 Å². The number of phenolic OH excluding ortho intramolecular Hbond substituents is 1. The fourth-order valence-electron chi connectivity index (χ4n) is 5.03. The topological polar surface area (TPSA) is 29.5 Å². The second kappa shape index (κ2) is 18.3. The Balaban J connectivity index is 2.08. The van der Waals surface area contributed by atoms with Crippen LogP contribution in [0.15, 0.2) is 12.1 Å². The Morgan fingerprint density at radius 3 is 1.28 bits per heavy atom. The van der Waals surface area contributed by atoms with E-state index in [1.807, 2.05) is 0 Å². The molecule has 0 saturated carbocycles. The number of phenols is 1. The van der Waals surface area contributed by atoms with Crippen molar-refractivity contribution in [2.75, 3.05) is 13.2 Å². The van der Waals surface area contributed by atoms with Crippen molar-refractivity contribution < 1.29 is 9.84 Å². The van der Waals surface area contributed by atoms with Crippen molar-refractivity contribution in [1.29, 1.82) is 0 Å². The summed E-state index contributed by atoms with van der Waals surface area (Å²) in [6, 6.07) is 4.37. The summed E-state index contributed by atoms with van der Waals surface area (Å²) in [4.78, 5) is 0. The Morgan fingerprint density at radius 2 is 0.917 bits per heavy atom. The zero-order valence-corrected chi connectivity index (χ0v) is 25.4. The van der Waals surface area contributed by atoms with Gasteiger partial charge in [0.15, 0.2) is 0 Å². The molecule has 0 aliphatic heterocycles. The molecule has 0 heterocycles. The largest absolute Gasteiger partial charge is 0.507 e. The molecule has 0 amide bonds. The molecule has 0 atom stereocenters. The van der Waals surface area contributed by atoms with Gasteiger partial charge < -0.3 is 9.84 Å². The summed E-state index contributed by atoms with van der Waals surface area (Å²) < 4.78 is 5.98. The molecule has 0 aromatic heterocycles. The highest BCUT2D eigenvalue weighted by Gasteiger charge is 2.26. The van der Waals surface area contributed by atoms with E-state index in [9.17, 15) is 5.11 Å². The molecular formula is C34H62O2. The van der Waals surface area contributed by atoms with Crippen LogP contribution in [0.2, 0.25) is 0 Å². The van der Waals surface area contributed by atoms with E-state index in [-0.39, 0.29) is 10.8 Å². The summed E-state index contributed by atoms with van der Waals surface area (Å²) in [6.45, 7) is 17.0. The van der Waals surface area contributed by atoms with Crippen molar-refractivity contribution in [2.45, 2.75) is 168 Å². The van der Waals surface area contributed by atoms with E-state index in [0.717, 1.165) is 30.8 Å². The molecule has 0 saturated heterocycles. The summed E-state index contributed by atoms with van der Waals surface area (Å²) in [5, 5.41) is 10.9.